The van der Waals surface area contributed by atoms with Gasteiger partial charge in [-0.3, -0.25) is 4.79 Å². The highest BCUT2D eigenvalue weighted by molar-refractivity contribution is 6.31. The van der Waals surface area contributed by atoms with E-state index in [0.717, 1.165) is 0 Å². The molecule has 1 aromatic carbocycles. The Kier molecular flexibility index (Phi) is 6.44. The van der Waals surface area contributed by atoms with Gasteiger partial charge in [0.05, 0.1) is 0 Å². The van der Waals surface area contributed by atoms with E-state index in [0.29, 0.717) is 26.2 Å². The van der Waals surface area contributed by atoms with Crippen LogP contribution >= 0.6 is 11.6 Å². The van der Waals surface area contributed by atoms with Crippen molar-refractivity contribution >= 4 is 23.7 Å². The average Bonchev–Trinajstić information content (AvgIpc) is 2.52. The number of carboxylic acids is 1. The highest BCUT2D eigenvalue weighted by Gasteiger charge is 2.31. The van der Waals surface area contributed by atoms with Gasteiger partial charge in [0.15, 0.2) is 0 Å². The van der Waals surface area contributed by atoms with Crippen LogP contribution in [-0.4, -0.2) is 58.9 Å². The molecule has 1 heterocycles. The third-order valence-electron chi connectivity index (χ3n) is 3.78. The number of hydrazine groups is 1. The minimum atomic E-state index is -1.32. The molecule has 2 N–H and O–H groups in total. The van der Waals surface area contributed by atoms with E-state index in [-0.39, 0.29) is 10.6 Å². The Labute approximate surface area is 156 Å². The van der Waals surface area contributed by atoms with Crippen molar-refractivity contribution in [2.75, 3.05) is 26.2 Å². The minimum Gasteiger partial charge on any atom is -0.480 e. The number of nitrogens with zero attached hydrogens (tertiary/aromatic N) is 2. The van der Waals surface area contributed by atoms with Crippen molar-refractivity contribution in [2.24, 2.45) is 0 Å². The third kappa shape index (κ3) is 5.30. The molecule has 2 rings (SSSR count). The van der Waals surface area contributed by atoms with Crippen LogP contribution in [-0.2, 0) is 9.53 Å². The quantitative estimate of drug-likeness (QED) is 0.826. The molecule has 1 saturated heterocycles. The van der Waals surface area contributed by atoms with Gasteiger partial charge >= 0.3 is 12.1 Å². The molecule has 7 nitrogen and oxygen atoms in total. The molecule has 1 amide bonds. The van der Waals surface area contributed by atoms with Gasteiger partial charge in [-0.15, -0.1) is 0 Å². The number of amides is 1. The maximum Gasteiger partial charge on any atom is 0.410 e. The summed E-state index contributed by atoms with van der Waals surface area (Å²) in [6, 6.07) is 2.70. The number of carbonyl (C=O) groups excluding carboxylic acids is 1. The highest BCUT2D eigenvalue weighted by atomic mass is 35.5. The van der Waals surface area contributed by atoms with Crippen LogP contribution < -0.4 is 5.43 Å². The fourth-order valence-corrected chi connectivity index (χ4v) is 2.83. The van der Waals surface area contributed by atoms with Gasteiger partial charge in [0.2, 0.25) is 0 Å². The molecule has 0 radical (unpaired) electrons. The first kappa shape index (κ1) is 20.4. The molecule has 1 aliphatic heterocycles. The van der Waals surface area contributed by atoms with E-state index in [1.807, 2.05) is 0 Å². The molecule has 0 saturated carbocycles. The predicted octanol–water partition coefficient (Wildman–Crippen LogP) is 2.66. The van der Waals surface area contributed by atoms with Crippen LogP contribution in [0, 0.1) is 5.82 Å². The predicted molar refractivity (Wildman–Crippen MR) is 94.3 cm³/mol. The average molecular weight is 388 g/mol. The largest absolute Gasteiger partial charge is 0.480 e. The second kappa shape index (κ2) is 8.20. The van der Waals surface area contributed by atoms with Crippen LogP contribution in [0.15, 0.2) is 18.2 Å². The lowest BCUT2D eigenvalue weighted by atomic mass is 10.1. The lowest BCUT2D eigenvalue weighted by molar-refractivity contribution is -0.141. The van der Waals surface area contributed by atoms with Crippen LogP contribution in [0.1, 0.15) is 32.4 Å². The monoisotopic (exact) mass is 387 g/mol. The van der Waals surface area contributed by atoms with E-state index in [9.17, 15) is 19.1 Å². The van der Waals surface area contributed by atoms with E-state index in [2.05, 4.69) is 5.43 Å². The number of carbonyl (C=O) groups is 2. The first-order chi connectivity index (χ1) is 12.1. The molecule has 1 unspecified atom stereocenters. The summed E-state index contributed by atoms with van der Waals surface area (Å²) in [5.41, 5.74) is 2.10. The van der Waals surface area contributed by atoms with E-state index in [1.165, 1.54) is 18.2 Å². The van der Waals surface area contributed by atoms with Gasteiger partial charge in [-0.05, 0) is 32.9 Å². The van der Waals surface area contributed by atoms with E-state index in [4.69, 9.17) is 16.3 Å². The molecular formula is C17H23ClFN3O4. The molecule has 0 aromatic heterocycles. The summed E-state index contributed by atoms with van der Waals surface area (Å²) < 4.78 is 19.4. The molecule has 9 heteroatoms. The van der Waals surface area contributed by atoms with Gasteiger partial charge in [-0.25, -0.2) is 19.6 Å². The molecule has 1 aromatic rings. The van der Waals surface area contributed by atoms with Crippen molar-refractivity contribution in [3.8, 4) is 0 Å². The van der Waals surface area contributed by atoms with Crippen LogP contribution in [0.25, 0.3) is 0 Å². The lowest BCUT2D eigenvalue weighted by Gasteiger charge is -2.37. The van der Waals surface area contributed by atoms with Gasteiger partial charge < -0.3 is 14.7 Å². The summed E-state index contributed by atoms with van der Waals surface area (Å²) >= 11 is 5.98. The molecular weight excluding hydrogens is 365 g/mol. The normalized spacial score (nSPS) is 17.0. The molecule has 0 spiro atoms. The van der Waals surface area contributed by atoms with Crippen molar-refractivity contribution in [2.45, 2.75) is 32.4 Å². The van der Waals surface area contributed by atoms with E-state index < -0.39 is 29.5 Å². The Bertz CT molecular complexity index is 652. The zero-order valence-electron chi connectivity index (χ0n) is 15.0. The lowest BCUT2D eigenvalue weighted by Crippen LogP contribution is -2.55. The molecule has 26 heavy (non-hydrogen) atoms. The second-order valence-corrected chi connectivity index (χ2v) is 7.40. The SMILES string of the molecule is CC(C)(C)OC(=O)N1CCN(NC(C(=O)O)c2c(F)cccc2Cl)CC1. The zero-order valence-corrected chi connectivity index (χ0v) is 15.7. The Hall–Kier alpha value is -1.90. The highest BCUT2D eigenvalue weighted by Crippen LogP contribution is 2.26. The number of hydrogen-bond acceptors (Lipinski definition) is 5. The summed E-state index contributed by atoms with van der Waals surface area (Å²) in [6.07, 6.45) is -0.413. The molecule has 1 aliphatic rings. The molecule has 1 atom stereocenters. The summed E-state index contributed by atoms with van der Waals surface area (Å²) in [5.74, 6) is -1.93. The number of aliphatic carboxylic acids is 1. The molecule has 1 fully saturated rings. The van der Waals surface area contributed by atoms with E-state index in [1.54, 1.807) is 30.7 Å². The maximum absolute atomic E-state index is 14.1. The van der Waals surface area contributed by atoms with Crippen LogP contribution in [0.5, 0.6) is 0 Å². The Morgan fingerprint density at radius 3 is 2.38 bits per heavy atom. The van der Waals surface area contributed by atoms with Crippen molar-refractivity contribution in [3.05, 3.63) is 34.6 Å². The fraction of sp³-hybridized carbons (Fsp3) is 0.529. The fourth-order valence-electron chi connectivity index (χ4n) is 2.56. The van der Waals surface area contributed by atoms with Crippen LogP contribution in [0.3, 0.4) is 0 Å². The van der Waals surface area contributed by atoms with Crippen molar-refractivity contribution in [1.29, 1.82) is 0 Å². The number of rotatable bonds is 4. The van der Waals surface area contributed by atoms with Crippen LogP contribution in [0.4, 0.5) is 9.18 Å². The summed E-state index contributed by atoms with van der Waals surface area (Å²) in [5, 5.41) is 11.2. The standard InChI is InChI=1S/C17H23ClFN3O4/c1-17(2,3)26-16(25)21-7-9-22(10-8-21)20-14(15(23)24)13-11(18)5-4-6-12(13)19/h4-6,14,20H,7-10H2,1-3H3,(H,23,24). The maximum atomic E-state index is 14.1. The van der Waals surface area contributed by atoms with Gasteiger partial charge in [0.25, 0.3) is 0 Å². The van der Waals surface area contributed by atoms with Gasteiger partial charge in [0.1, 0.15) is 17.5 Å². The van der Waals surface area contributed by atoms with Gasteiger partial charge in [-0.2, -0.15) is 0 Å². The first-order valence-electron chi connectivity index (χ1n) is 8.24. The van der Waals surface area contributed by atoms with Gasteiger partial charge in [-0.1, -0.05) is 17.7 Å². The molecule has 144 valence electrons. The number of nitrogens with one attached hydrogen (secondary N) is 1. The number of hydrogen-bond donors (Lipinski definition) is 2. The topological polar surface area (TPSA) is 82.1 Å². The number of ether oxygens (including phenoxy) is 1. The number of halogens is 2. The van der Waals surface area contributed by atoms with Gasteiger partial charge in [0, 0.05) is 36.8 Å². The Morgan fingerprint density at radius 1 is 1.27 bits per heavy atom. The molecule has 0 bridgehead atoms. The summed E-state index contributed by atoms with van der Waals surface area (Å²) in [4.78, 5) is 25.2. The van der Waals surface area contributed by atoms with E-state index >= 15 is 0 Å². The number of piperazine rings is 1. The number of carboxylic acid groups (broad SMARTS) is 1. The second-order valence-electron chi connectivity index (χ2n) is 6.99. The number of benzene rings is 1. The Morgan fingerprint density at radius 2 is 1.88 bits per heavy atom. The zero-order chi connectivity index (χ0) is 19.5. The minimum absolute atomic E-state index is 0.0392. The Balaban J connectivity index is 2.00. The summed E-state index contributed by atoms with van der Waals surface area (Å²) in [6.45, 7) is 6.83. The molecule has 0 aliphatic carbocycles. The van der Waals surface area contributed by atoms with Crippen molar-refractivity contribution in [3.63, 3.8) is 0 Å². The smallest absolute Gasteiger partial charge is 0.410 e. The summed E-state index contributed by atoms with van der Waals surface area (Å²) in [7, 11) is 0. The third-order valence-corrected chi connectivity index (χ3v) is 4.11. The van der Waals surface area contributed by atoms with Crippen molar-refractivity contribution < 1.29 is 23.8 Å². The first-order valence-corrected chi connectivity index (χ1v) is 8.62. The van der Waals surface area contributed by atoms with Crippen LogP contribution in [0.2, 0.25) is 5.02 Å². The van der Waals surface area contributed by atoms with Crippen molar-refractivity contribution in [1.82, 2.24) is 15.3 Å².